The van der Waals surface area contributed by atoms with Crippen molar-refractivity contribution >= 4 is 40.2 Å². The lowest BCUT2D eigenvalue weighted by Crippen LogP contribution is -1.94. The van der Waals surface area contributed by atoms with Gasteiger partial charge in [0.25, 0.3) is 0 Å². The van der Waals surface area contributed by atoms with Gasteiger partial charge in [-0.15, -0.1) is 22.7 Å². The van der Waals surface area contributed by atoms with Crippen molar-refractivity contribution in [3.8, 4) is 21.1 Å². The van der Waals surface area contributed by atoms with E-state index < -0.39 is 5.97 Å². The number of carboxylic acid groups (broad SMARTS) is 1. The average molecular weight is 322 g/mol. The van der Waals surface area contributed by atoms with Crippen LogP contribution in [0, 0.1) is 0 Å². The van der Waals surface area contributed by atoms with Crippen molar-refractivity contribution in [1.82, 2.24) is 4.98 Å². The second-order valence-electron chi connectivity index (χ2n) is 3.96. The van der Waals surface area contributed by atoms with E-state index in [0.29, 0.717) is 15.7 Å². The van der Waals surface area contributed by atoms with Gasteiger partial charge in [0.2, 0.25) is 0 Å². The number of thiophene rings is 1. The summed E-state index contributed by atoms with van der Waals surface area (Å²) in [5.74, 6) is -0.968. The standard InChI is InChI=1S/C14H8ClNO2S2/c15-9-5-2-1-4-8(9)13-16-11(10-6-3-7-19-10)12(20-13)14(17)18/h1-7H,(H,17,18). The molecule has 0 unspecified atom stereocenters. The van der Waals surface area contributed by atoms with Crippen molar-refractivity contribution in [2.45, 2.75) is 0 Å². The molecular formula is C14H8ClNO2S2. The van der Waals surface area contributed by atoms with E-state index in [1.54, 1.807) is 6.07 Å². The Morgan fingerprint density at radius 2 is 2.00 bits per heavy atom. The zero-order chi connectivity index (χ0) is 14.1. The molecular weight excluding hydrogens is 314 g/mol. The second kappa shape index (κ2) is 5.36. The highest BCUT2D eigenvalue weighted by molar-refractivity contribution is 7.18. The fraction of sp³-hybridized carbons (Fsp3) is 0. The van der Waals surface area contributed by atoms with Crippen LogP contribution in [0.3, 0.4) is 0 Å². The van der Waals surface area contributed by atoms with Crippen molar-refractivity contribution in [3.05, 3.63) is 51.7 Å². The lowest BCUT2D eigenvalue weighted by Gasteiger charge is -1.98. The molecule has 0 saturated heterocycles. The van der Waals surface area contributed by atoms with Gasteiger partial charge in [-0.05, 0) is 17.5 Å². The summed E-state index contributed by atoms with van der Waals surface area (Å²) in [7, 11) is 0. The van der Waals surface area contributed by atoms with Crippen LogP contribution in [0.4, 0.5) is 0 Å². The Kier molecular flexibility index (Phi) is 3.56. The molecule has 6 heteroatoms. The van der Waals surface area contributed by atoms with Gasteiger partial charge < -0.3 is 5.11 Å². The van der Waals surface area contributed by atoms with Crippen LogP contribution in [0.2, 0.25) is 5.02 Å². The third-order valence-corrected chi connectivity index (χ3v) is 4.96. The van der Waals surface area contributed by atoms with Gasteiger partial charge in [0.1, 0.15) is 15.6 Å². The van der Waals surface area contributed by atoms with Gasteiger partial charge >= 0.3 is 5.97 Å². The fourth-order valence-corrected chi connectivity index (χ4v) is 3.82. The van der Waals surface area contributed by atoms with E-state index in [2.05, 4.69) is 4.98 Å². The van der Waals surface area contributed by atoms with Crippen molar-refractivity contribution in [3.63, 3.8) is 0 Å². The monoisotopic (exact) mass is 321 g/mol. The number of hydrogen-bond acceptors (Lipinski definition) is 4. The van der Waals surface area contributed by atoms with Crippen LogP contribution in [0.15, 0.2) is 41.8 Å². The first kappa shape index (κ1) is 13.3. The summed E-state index contributed by atoms with van der Waals surface area (Å²) in [4.78, 5) is 16.9. The molecule has 0 bridgehead atoms. The number of aromatic nitrogens is 1. The van der Waals surface area contributed by atoms with Crippen molar-refractivity contribution in [1.29, 1.82) is 0 Å². The average Bonchev–Trinajstić information content (AvgIpc) is 3.08. The van der Waals surface area contributed by atoms with Crippen LogP contribution < -0.4 is 0 Å². The highest BCUT2D eigenvalue weighted by atomic mass is 35.5. The van der Waals surface area contributed by atoms with Crippen molar-refractivity contribution in [2.75, 3.05) is 0 Å². The Bertz CT molecular complexity index is 765. The second-order valence-corrected chi connectivity index (χ2v) is 6.31. The number of halogens is 1. The number of aromatic carboxylic acids is 1. The van der Waals surface area contributed by atoms with Gasteiger partial charge in [-0.25, -0.2) is 9.78 Å². The molecule has 3 nitrogen and oxygen atoms in total. The summed E-state index contributed by atoms with van der Waals surface area (Å²) in [5.41, 5.74) is 1.26. The number of hydrogen-bond donors (Lipinski definition) is 1. The predicted molar refractivity (Wildman–Crippen MR) is 82.8 cm³/mol. The lowest BCUT2D eigenvalue weighted by atomic mass is 10.2. The number of benzene rings is 1. The summed E-state index contributed by atoms with van der Waals surface area (Å²) >= 11 is 8.76. The Hall–Kier alpha value is -1.69. The quantitative estimate of drug-likeness (QED) is 0.747. The highest BCUT2D eigenvalue weighted by Gasteiger charge is 2.20. The number of thiazole rings is 1. The first-order valence-electron chi connectivity index (χ1n) is 5.69. The molecule has 3 aromatic rings. The first-order chi connectivity index (χ1) is 9.66. The maximum absolute atomic E-state index is 11.4. The molecule has 100 valence electrons. The van der Waals surface area contributed by atoms with E-state index in [1.165, 1.54) is 11.3 Å². The molecule has 0 spiro atoms. The molecule has 2 aromatic heterocycles. The molecule has 0 atom stereocenters. The normalized spacial score (nSPS) is 10.7. The summed E-state index contributed by atoms with van der Waals surface area (Å²) in [6.45, 7) is 0. The van der Waals surface area contributed by atoms with E-state index in [1.807, 2.05) is 35.7 Å². The molecule has 0 fully saturated rings. The summed E-state index contributed by atoms with van der Waals surface area (Å²) in [5, 5.41) is 12.4. The SMILES string of the molecule is O=C(O)c1sc(-c2ccccc2Cl)nc1-c1cccs1. The van der Waals surface area contributed by atoms with Crippen molar-refractivity contribution < 1.29 is 9.90 Å². The third kappa shape index (κ3) is 2.35. The Morgan fingerprint density at radius 1 is 1.20 bits per heavy atom. The van der Waals surface area contributed by atoms with Crippen LogP contribution in [-0.4, -0.2) is 16.1 Å². The maximum Gasteiger partial charge on any atom is 0.348 e. The van der Waals surface area contributed by atoms with Crippen LogP contribution >= 0.6 is 34.3 Å². The van der Waals surface area contributed by atoms with Crippen LogP contribution in [0.1, 0.15) is 9.67 Å². The molecule has 1 aromatic carbocycles. The minimum atomic E-state index is -0.968. The third-order valence-electron chi connectivity index (χ3n) is 2.68. The number of carbonyl (C=O) groups is 1. The van der Waals surface area contributed by atoms with Gasteiger partial charge in [0.05, 0.1) is 9.90 Å². The minimum Gasteiger partial charge on any atom is -0.477 e. The molecule has 3 rings (SSSR count). The van der Waals surface area contributed by atoms with E-state index in [4.69, 9.17) is 11.6 Å². The molecule has 0 aliphatic heterocycles. The molecule has 1 N–H and O–H groups in total. The largest absolute Gasteiger partial charge is 0.477 e. The summed E-state index contributed by atoms with van der Waals surface area (Å²) in [6.07, 6.45) is 0. The smallest absolute Gasteiger partial charge is 0.348 e. The predicted octanol–water partition coefficient (Wildman–Crippen LogP) is 4.89. The Balaban J connectivity index is 2.18. The molecule has 2 heterocycles. The summed E-state index contributed by atoms with van der Waals surface area (Å²) in [6, 6.07) is 11.0. The molecule has 0 aliphatic carbocycles. The van der Waals surface area contributed by atoms with E-state index in [-0.39, 0.29) is 4.88 Å². The number of carboxylic acids is 1. The van der Waals surface area contributed by atoms with Gasteiger partial charge in [-0.1, -0.05) is 35.9 Å². The lowest BCUT2D eigenvalue weighted by molar-refractivity contribution is 0.0703. The molecule has 0 aliphatic rings. The first-order valence-corrected chi connectivity index (χ1v) is 7.77. The molecule has 0 radical (unpaired) electrons. The van der Waals surface area contributed by atoms with Gasteiger partial charge in [0, 0.05) is 5.56 Å². The summed E-state index contributed by atoms with van der Waals surface area (Å²) < 4.78 is 0. The maximum atomic E-state index is 11.4. The Labute approximate surface area is 128 Å². The van der Waals surface area contributed by atoms with Crippen LogP contribution in [0.25, 0.3) is 21.1 Å². The number of nitrogens with zero attached hydrogens (tertiary/aromatic N) is 1. The van der Waals surface area contributed by atoms with Gasteiger partial charge in [0.15, 0.2) is 0 Å². The van der Waals surface area contributed by atoms with Gasteiger partial charge in [-0.2, -0.15) is 0 Å². The zero-order valence-corrected chi connectivity index (χ0v) is 12.4. The molecule has 0 saturated carbocycles. The zero-order valence-electron chi connectivity index (χ0n) is 10.0. The van der Waals surface area contributed by atoms with E-state index >= 15 is 0 Å². The van der Waals surface area contributed by atoms with Crippen molar-refractivity contribution in [2.24, 2.45) is 0 Å². The molecule has 0 amide bonds. The van der Waals surface area contributed by atoms with Crippen LogP contribution in [-0.2, 0) is 0 Å². The minimum absolute atomic E-state index is 0.238. The number of rotatable bonds is 3. The van der Waals surface area contributed by atoms with Crippen LogP contribution in [0.5, 0.6) is 0 Å². The fourth-order valence-electron chi connectivity index (χ4n) is 1.80. The topological polar surface area (TPSA) is 50.2 Å². The Morgan fingerprint density at radius 3 is 2.65 bits per heavy atom. The highest BCUT2D eigenvalue weighted by Crippen LogP contribution is 2.37. The molecule has 20 heavy (non-hydrogen) atoms. The van der Waals surface area contributed by atoms with Gasteiger partial charge in [-0.3, -0.25) is 0 Å². The van der Waals surface area contributed by atoms with E-state index in [9.17, 15) is 9.90 Å². The van der Waals surface area contributed by atoms with E-state index in [0.717, 1.165) is 21.8 Å².